The van der Waals surface area contributed by atoms with Crippen LogP contribution in [0.2, 0.25) is 0 Å². The van der Waals surface area contributed by atoms with Crippen LogP contribution in [0, 0.1) is 6.92 Å². The maximum Gasteiger partial charge on any atom is 0.339 e. The molecule has 5 rings (SSSR count). The summed E-state index contributed by atoms with van der Waals surface area (Å²) in [5, 5.41) is 19.7. The number of aromatic hydroxyl groups is 2. The summed E-state index contributed by atoms with van der Waals surface area (Å²) in [6.45, 7) is 1.94. The molecule has 0 bridgehead atoms. The van der Waals surface area contributed by atoms with Crippen LogP contribution in [-0.2, 0) is 4.74 Å². The van der Waals surface area contributed by atoms with E-state index >= 15 is 0 Å². The first kappa shape index (κ1) is 15.8. The van der Waals surface area contributed by atoms with E-state index in [1.165, 1.54) is 12.1 Å². The zero-order valence-corrected chi connectivity index (χ0v) is 14.5. The van der Waals surface area contributed by atoms with Crippen LogP contribution in [0.15, 0.2) is 54.6 Å². The first-order chi connectivity index (χ1) is 13.0. The number of aryl methyl sites for hydroxylation is 1. The van der Waals surface area contributed by atoms with Crippen molar-refractivity contribution in [2.24, 2.45) is 0 Å². The van der Waals surface area contributed by atoms with Gasteiger partial charge in [-0.05, 0) is 25.1 Å². The minimum Gasteiger partial charge on any atom is -0.508 e. The smallest absolute Gasteiger partial charge is 0.339 e. The molecule has 134 valence electrons. The van der Waals surface area contributed by atoms with Gasteiger partial charge in [0.05, 0.1) is 11.5 Å². The van der Waals surface area contributed by atoms with Crippen LogP contribution < -0.4 is 4.74 Å². The molecule has 0 saturated heterocycles. The lowest BCUT2D eigenvalue weighted by molar-refractivity contribution is 0.0345. The fourth-order valence-electron chi connectivity index (χ4n) is 3.93. The molecule has 0 saturated carbocycles. The molecule has 0 aromatic heterocycles. The molecule has 0 radical (unpaired) electrons. The molecule has 3 aromatic rings. The average molecular weight is 360 g/mol. The van der Waals surface area contributed by atoms with Gasteiger partial charge in [-0.15, -0.1) is 0 Å². The molecular weight excluding hydrogens is 344 g/mol. The molecule has 2 N–H and O–H groups in total. The van der Waals surface area contributed by atoms with Gasteiger partial charge in [0.25, 0.3) is 0 Å². The fourth-order valence-corrected chi connectivity index (χ4v) is 3.93. The summed E-state index contributed by atoms with van der Waals surface area (Å²) >= 11 is 0. The van der Waals surface area contributed by atoms with Crippen LogP contribution in [0.5, 0.6) is 23.0 Å². The van der Waals surface area contributed by atoms with Crippen molar-refractivity contribution in [1.82, 2.24) is 0 Å². The number of hydrogen-bond acceptors (Lipinski definition) is 5. The minimum absolute atomic E-state index is 0.0792. The van der Waals surface area contributed by atoms with E-state index in [1.54, 1.807) is 24.3 Å². The molecule has 2 aliphatic heterocycles. The number of hydrogen-bond donors (Lipinski definition) is 2. The Morgan fingerprint density at radius 3 is 2.04 bits per heavy atom. The van der Waals surface area contributed by atoms with E-state index < -0.39 is 6.10 Å². The molecule has 1 unspecified atom stereocenters. The highest BCUT2D eigenvalue weighted by Gasteiger charge is 2.42. The Balaban J connectivity index is 1.73. The van der Waals surface area contributed by atoms with E-state index in [4.69, 9.17) is 9.47 Å². The van der Waals surface area contributed by atoms with Crippen LogP contribution in [0.4, 0.5) is 0 Å². The van der Waals surface area contributed by atoms with Crippen molar-refractivity contribution in [2.45, 2.75) is 18.9 Å². The molecule has 2 heterocycles. The maximum atomic E-state index is 12.5. The van der Waals surface area contributed by atoms with Crippen LogP contribution in [0.3, 0.4) is 0 Å². The Hall–Kier alpha value is -3.47. The number of fused-ring (bicyclic) bond motifs is 3. The highest BCUT2D eigenvalue weighted by molar-refractivity contribution is 5.94. The van der Waals surface area contributed by atoms with Crippen molar-refractivity contribution in [2.75, 3.05) is 0 Å². The summed E-state index contributed by atoms with van der Waals surface area (Å²) < 4.78 is 11.7. The first-order valence-electron chi connectivity index (χ1n) is 8.66. The standard InChI is InChI=1S/C22H16O5/c1-11-2-5-14-17(8-11)22(25)27-21(14)20-15-6-3-12(23)9-18(15)26-19-10-13(24)4-7-16(19)20/h2-10,20-21,23-24H,1H3. The van der Waals surface area contributed by atoms with Crippen molar-refractivity contribution in [3.63, 3.8) is 0 Å². The topological polar surface area (TPSA) is 76.0 Å². The number of rotatable bonds is 1. The Kier molecular flexibility index (Phi) is 3.22. The molecule has 0 spiro atoms. The Bertz CT molecular complexity index is 1050. The predicted octanol–water partition coefficient (Wildman–Crippen LogP) is 4.56. The molecule has 27 heavy (non-hydrogen) atoms. The van der Waals surface area contributed by atoms with Gasteiger partial charge in [0, 0.05) is 28.8 Å². The van der Waals surface area contributed by atoms with Crippen LogP contribution in [0.25, 0.3) is 0 Å². The van der Waals surface area contributed by atoms with Crippen molar-refractivity contribution in [1.29, 1.82) is 0 Å². The average Bonchev–Trinajstić information content (AvgIpc) is 2.95. The Morgan fingerprint density at radius 2 is 1.41 bits per heavy atom. The summed E-state index contributed by atoms with van der Waals surface area (Å²) in [6.07, 6.45) is -0.511. The Labute approximate surface area is 155 Å². The molecule has 1 atom stereocenters. The lowest BCUT2D eigenvalue weighted by Crippen LogP contribution is -2.18. The van der Waals surface area contributed by atoms with Gasteiger partial charge in [-0.1, -0.05) is 29.8 Å². The number of phenols is 2. The second kappa shape index (κ2) is 5.51. The summed E-state index contributed by atoms with van der Waals surface area (Å²) in [4.78, 5) is 12.5. The molecule has 0 amide bonds. The zero-order chi connectivity index (χ0) is 18.7. The molecule has 3 aromatic carbocycles. The number of ether oxygens (including phenoxy) is 2. The minimum atomic E-state index is -0.511. The molecule has 5 nitrogen and oxygen atoms in total. The number of phenolic OH excluding ortho intramolecular Hbond substituents is 2. The number of carbonyl (C=O) groups is 1. The van der Waals surface area contributed by atoms with Gasteiger partial charge in [0.2, 0.25) is 0 Å². The van der Waals surface area contributed by atoms with Crippen molar-refractivity contribution in [3.05, 3.63) is 82.4 Å². The summed E-state index contributed by atoms with van der Waals surface area (Å²) in [6, 6.07) is 15.5. The van der Waals surface area contributed by atoms with Gasteiger partial charge in [0.15, 0.2) is 0 Å². The van der Waals surface area contributed by atoms with Crippen LogP contribution >= 0.6 is 0 Å². The quantitative estimate of drug-likeness (QED) is 0.623. The number of benzene rings is 3. The third kappa shape index (κ3) is 2.35. The Morgan fingerprint density at radius 1 is 0.815 bits per heavy atom. The normalized spacial score (nSPS) is 17.5. The molecule has 0 fully saturated rings. The third-order valence-electron chi connectivity index (χ3n) is 5.16. The van der Waals surface area contributed by atoms with E-state index in [0.717, 1.165) is 22.3 Å². The van der Waals surface area contributed by atoms with Gasteiger partial charge in [0.1, 0.15) is 29.1 Å². The van der Waals surface area contributed by atoms with E-state index in [1.807, 2.05) is 25.1 Å². The SMILES string of the molecule is Cc1ccc2c(c1)C(=O)OC2C1c2ccc(O)cc2Oc2cc(O)ccc21. The summed E-state index contributed by atoms with van der Waals surface area (Å²) in [7, 11) is 0. The van der Waals surface area contributed by atoms with E-state index in [0.29, 0.717) is 17.1 Å². The fraction of sp³-hybridized carbons (Fsp3) is 0.136. The maximum absolute atomic E-state index is 12.5. The van der Waals surface area contributed by atoms with Crippen molar-refractivity contribution in [3.8, 4) is 23.0 Å². The van der Waals surface area contributed by atoms with E-state index in [-0.39, 0.29) is 23.4 Å². The number of cyclic esters (lactones) is 1. The highest BCUT2D eigenvalue weighted by atomic mass is 16.5. The highest BCUT2D eigenvalue weighted by Crippen LogP contribution is 2.54. The number of esters is 1. The van der Waals surface area contributed by atoms with Crippen LogP contribution in [-0.4, -0.2) is 16.2 Å². The second-order valence-electron chi connectivity index (χ2n) is 6.94. The van der Waals surface area contributed by atoms with Crippen molar-refractivity contribution < 1.29 is 24.5 Å². The van der Waals surface area contributed by atoms with Gasteiger partial charge in [-0.25, -0.2) is 4.79 Å². The van der Waals surface area contributed by atoms with Crippen LogP contribution in [0.1, 0.15) is 44.6 Å². The second-order valence-corrected chi connectivity index (χ2v) is 6.94. The molecule has 5 heteroatoms. The molecular formula is C22H16O5. The van der Waals surface area contributed by atoms with Gasteiger partial charge in [-0.2, -0.15) is 0 Å². The van der Waals surface area contributed by atoms with E-state index in [2.05, 4.69) is 0 Å². The zero-order valence-electron chi connectivity index (χ0n) is 14.5. The van der Waals surface area contributed by atoms with Gasteiger partial charge in [-0.3, -0.25) is 0 Å². The van der Waals surface area contributed by atoms with Gasteiger partial charge < -0.3 is 19.7 Å². The number of carbonyl (C=O) groups excluding carboxylic acids is 1. The molecule has 0 aliphatic carbocycles. The van der Waals surface area contributed by atoms with Gasteiger partial charge >= 0.3 is 5.97 Å². The molecule has 2 aliphatic rings. The summed E-state index contributed by atoms with van der Waals surface area (Å²) in [5.41, 5.74) is 4.03. The predicted molar refractivity (Wildman–Crippen MR) is 97.5 cm³/mol. The monoisotopic (exact) mass is 360 g/mol. The van der Waals surface area contributed by atoms with Crippen molar-refractivity contribution >= 4 is 5.97 Å². The lowest BCUT2D eigenvalue weighted by atomic mass is 9.81. The lowest BCUT2D eigenvalue weighted by Gasteiger charge is -2.31. The first-order valence-corrected chi connectivity index (χ1v) is 8.66. The summed E-state index contributed by atoms with van der Waals surface area (Å²) in [5.74, 6) is 0.471. The largest absolute Gasteiger partial charge is 0.508 e. The third-order valence-corrected chi connectivity index (χ3v) is 5.16. The van der Waals surface area contributed by atoms with E-state index in [9.17, 15) is 15.0 Å².